The summed E-state index contributed by atoms with van der Waals surface area (Å²) in [6, 6.07) is 3.25. The molecule has 12 heteroatoms. The van der Waals surface area contributed by atoms with Gasteiger partial charge in [0.25, 0.3) is 0 Å². The van der Waals surface area contributed by atoms with Crippen LogP contribution < -0.4 is 5.32 Å². The first-order valence-corrected chi connectivity index (χ1v) is 11.1. The van der Waals surface area contributed by atoms with Gasteiger partial charge >= 0.3 is 6.18 Å². The fourth-order valence-electron chi connectivity index (χ4n) is 3.89. The van der Waals surface area contributed by atoms with E-state index >= 15 is 0 Å². The first-order chi connectivity index (χ1) is 15.5. The summed E-state index contributed by atoms with van der Waals surface area (Å²) in [4.78, 5) is 43.6. The summed E-state index contributed by atoms with van der Waals surface area (Å²) >= 11 is 5.60. The van der Waals surface area contributed by atoms with Crippen molar-refractivity contribution in [3.05, 3.63) is 28.8 Å². The first-order valence-electron chi connectivity index (χ1n) is 10.7. The Morgan fingerprint density at radius 1 is 0.909 bits per heavy atom. The molecule has 3 rings (SSSR count). The Balaban J connectivity index is 1.41. The molecule has 0 aliphatic carbocycles. The molecule has 3 amide bonds. The number of nitrogens with one attached hydrogen (secondary N) is 1. The van der Waals surface area contributed by atoms with Gasteiger partial charge in [-0.2, -0.15) is 13.2 Å². The highest BCUT2D eigenvalue weighted by molar-refractivity contribution is 6.31. The van der Waals surface area contributed by atoms with Crippen LogP contribution in [0.1, 0.15) is 12.5 Å². The van der Waals surface area contributed by atoms with Gasteiger partial charge in [0.05, 0.1) is 23.7 Å². The van der Waals surface area contributed by atoms with E-state index in [1.54, 1.807) is 9.80 Å². The van der Waals surface area contributed by atoms with Crippen molar-refractivity contribution in [1.29, 1.82) is 0 Å². The molecule has 33 heavy (non-hydrogen) atoms. The summed E-state index contributed by atoms with van der Waals surface area (Å²) < 4.78 is 38.9. The molecule has 1 aromatic rings. The Labute approximate surface area is 195 Å². The van der Waals surface area contributed by atoms with Crippen molar-refractivity contribution in [3.63, 3.8) is 0 Å². The summed E-state index contributed by atoms with van der Waals surface area (Å²) in [6.45, 7) is 6.32. The van der Waals surface area contributed by atoms with Crippen molar-refractivity contribution < 1.29 is 27.6 Å². The second-order valence-corrected chi connectivity index (χ2v) is 8.59. The highest BCUT2D eigenvalue weighted by atomic mass is 35.5. The van der Waals surface area contributed by atoms with Crippen LogP contribution in [0.4, 0.5) is 18.9 Å². The molecule has 1 N–H and O–H groups in total. The lowest BCUT2D eigenvalue weighted by Crippen LogP contribution is -2.54. The monoisotopic (exact) mass is 489 g/mol. The molecule has 0 atom stereocenters. The van der Waals surface area contributed by atoms with Gasteiger partial charge in [-0.1, -0.05) is 11.6 Å². The predicted molar refractivity (Wildman–Crippen MR) is 117 cm³/mol. The Hall–Kier alpha value is -2.37. The van der Waals surface area contributed by atoms with E-state index in [1.165, 1.54) is 13.0 Å². The van der Waals surface area contributed by atoms with Crippen LogP contribution in [0.2, 0.25) is 5.02 Å². The van der Waals surface area contributed by atoms with Gasteiger partial charge in [0.2, 0.25) is 17.7 Å². The average Bonchev–Trinajstić information content (AvgIpc) is 2.75. The zero-order chi connectivity index (χ0) is 24.2. The summed E-state index contributed by atoms with van der Waals surface area (Å²) in [5.41, 5.74) is -0.964. The van der Waals surface area contributed by atoms with Crippen molar-refractivity contribution >= 4 is 35.0 Å². The van der Waals surface area contributed by atoms with Crippen molar-refractivity contribution in [2.24, 2.45) is 0 Å². The number of rotatable bonds is 5. The number of carbonyl (C=O) groups is 3. The summed E-state index contributed by atoms with van der Waals surface area (Å²) in [5.74, 6) is -0.384. The molecule has 0 saturated carbocycles. The number of alkyl halides is 3. The molecule has 182 valence electrons. The molecule has 8 nitrogen and oxygen atoms in total. The number of piperazine rings is 2. The Morgan fingerprint density at radius 2 is 1.45 bits per heavy atom. The van der Waals surface area contributed by atoms with Gasteiger partial charge in [0.1, 0.15) is 0 Å². The zero-order valence-corrected chi connectivity index (χ0v) is 19.1. The van der Waals surface area contributed by atoms with E-state index in [0.29, 0.717) is 52.4 Å². The largest absolute Gasteiger partial charge is 0.417 e. The molecular weight excluding hydrogens is 463 g/mol. The molecule has 2 heterocycles. The third kappa shape index (κ3) is 7.05. The van der Waals surface area contributed by atoms with Crippen molar-refractivity contribution in [3.8, 4) is 0 Å². The molecule has 0 spiro atoms. The summed E-state index contributed by atoms with van der Waals surface area (Å²) in [5, 5.41) is 2.06. The third-order valence-electron chi connectivity index (χ3n) is 5.82. The second-order valence-electron chi connectivity index (χ2n) is 8.18. The van der Waals surface area contributed by atoms with Crippen LogP contribution in [0.25, 0.3) is 0 Å². The minimum atomic E-state index is -4.60. The number of carbonyl (C=O) groups excluding carboxylic acids is 3. The number of benzene rings is 1. The van der Waals surface area contributed by atoms with E-state index in [1.807, 2.05) is 9.80 Å². The lowest BCUT2D eigenvalue weighted by Gasteiger charge is -2.37. The van der Waals surface area contributed by atoms with E-state index in [9.17, 15) is 27.6 Å². The minimum Gasteiger partial charge on any atom is -0.339 e. The fraction of sp³-hybridized carbons (Fsp3) is 0.571. The highest BCUT2D eigenvalue weighted by Gasteiger charge is 2.33. The Morgan fingerprint density at radius 3 is 2.00 bits per heavy atom. The number of hydrogen-bond acceptors (Lipinski definition) is 5. The second kappa shape index (κ2) is 10.7. The van der Waals surface area contributed by atoms with E-state index in [-0.39, 0.29) is 30.6 Å². The SMILES string of the molecule is CC(=O)N1CCN(C(=O)CN2CCN(CC(=O)Nc3ccc(Cl)c(C(F)(F)F)c3)CC2)CC1. The topological polar surface area (TPSA) is 76.2 Å². The maximum atomic E-state index is 13.0. The van der Waals surface area contributed by atoms with Crippen LogP contribution in [-0.4, -0.2) is 103 Å². The summed E-state index contributed by atoms with van der Waals surface area (Å²) in [6.07, 6.45) is -4.60. The van der Waals surface area contributed by atoms with Crippen LogP contribution in [0.5, 0.6) is 0 Å². The number of amides is 3. The normalized spacial score (nSPS) is 18.3. The van der Waals surface area contributed by atoms with E-state index in [2.05, 4.69) is 5.32 Å². The number of nitrogens with zero attached hydrogens (tertiary/aromatic N) is 4. The van der Waals surface area contributed by atoms with Crippen LogP contribution in [0.3, 0.4) is 0 Å². The lowest BCUT2D eigenvalue weighted by molar-refractivity contribution is -0.139. The average molecular weight is 490 g/mol. The number of hydrogen-bond donors (Lipinski definition) is 1. The van der Waals surface area contributed by atoms with Gasteiger partial charge < -0.3 is 15.1 Å². The van der Waals surface area contributed by atoms with Crippen LogP contribution in [0.15, 0.2) is 18.2 Å². The van der Waals surface area contributed by atoms with E-state index < -0.39 is 22.7 Å². The molecule has 2 aliphatic heterocycles. The van der Waals surface area contributed by atoms with E-state index in [4.69, 9.17) is 11.6 Å². The lowest BCUT2D eigenvalue weighted by atomic mass is 10.2. The third-order valence-corrected chi connectivity index (χ3v) is 6.15. The maximum Gasteiger partial charge on any atom is 0.417 e. The fourth-order valence-corrected chi connectivity index (χ4v) is 4.12. The first kappa shape index (κ1) is 25.3. The molecule has 2 aliphatic rings. The van der Waals surface area contributed by atoms with Gasteiger partial charge in [0, 0.05) is 65.0 Å². The summed E-state index contributed by atoms with van der Waals surface area (Å²) in [7, 11) is 0. The Bertz CT molecular complexity index is 882. The minimum absolute atomic E-state index is 0.0131. The van der Waals surface area contributed by atoms with Gasteiger partial charge in [-0.15, -0.1) is 0 Å². The molecule has 0 radical (unpaired) electrons. The van der Waals surface area contributed by atoms with Gasteiger partial charge in [-0.3, -0.25) is 24.2 Å². The van der Waals surface area contributed by atoms with Gasteiger partial charge in [-0.05, 0) is 18.2 Å². The van der Waals surface area contributed by atoms with E-state index in [0.717, 1.165) is 12.1 Å². The van der Waals surface area contributed by atoms with Crippen LogP contribution >= 0.6 is 11.6 Å². The molecule has 1 aromatic carbocycles. The molecule has 2 fully saturated rings. The van der Waals surface area contributed by atoms with Crippen molar-refractivity contribution in [2.45, 2.75) is 13.1 Å². The van der Waals surface area contributed by atoms with Gasteiger partial charge in [0.15, 0.2) is 0 Å². The quantitative estimate of drug-likeness (QED) is 0.680. The number of anilines is 1. The van der Waals surface area contributed by atoms with Crippen molar-refractivity contribution in [2.75, 3.05) is 70.8 Å². The number of halogens is 4. The van der Waals surface area contributed by atoms with Crippen molar-refractivity contribution in [1.82, 2.24) is 19.6 Å². The molecule has 2 saturated heterocycles. The van der Waals surface area contributed by atoms with Crippen LogP contribution in [-0.2, 0) is 20.6 Å². The molecule has 0 bridgehead atoms. The Kier molecular flexibility index (Phi) is 8.19. The standard InChI is InChI=1S/C21H27ClF3N5O3/c1-15(31)29-8-10-30(11-9-29)20(33)14-28-6-4-27(5-7-28)13-19(32)26-16-2-3-18(22)17(12-16)21(23,24)25/h2-3,12H,4-11,13-14H2,1H3,(H,26,32). The molecule has 0 aromatic heterocycles. The zero-order valence-electron chi connectivity index (χ0n) is 18.3. The van der Waals surface area contributed by atoms with Gasteiger partial charge in [-0.25, -0.2) is 0 Å². The molecular formula is C21H27ClF3N5O3. The van der Waals surface area contributed by atoms with Crippen LogP contribution in [0, 0.1) is 0 Å². The maximum absolute atomic E-state index is 13.0. The predicted octanol–water partition coefficient (Wildman–Crippen LogP) is 1.61. The smallest absolute Gasteiger partial charge is 0.339 e. The molecule has 0 unspecified atom stereocenters. The highest BCUT2D eigenvalue weighted by Crippen LogP contribution is 2.36.